The highest BCUT2D eigenvalue weighted by Crippen LogP contribution is 2.20. The summed E-state index contributed by atoms with van der Waals surface area (Å²) >= 11 is 0. The first-order valence-corrected chi connectivity index (χ1v) is 11.2. The summed E-state index contributed by atoms with van der Waals surface area (Å²) in [6.07, 6.45) is 2.43. The summed E-state index contributed by atoms with van der Waals surface area (Å²) in [7, 11) is 1.91. The van der Waals surface area contributed by atoms with Crippen molar-refractivity contribution >= 4 is 11.4 Å². The van der Waals surface area contributed by atoms with Crippen LogP contribution in [0.3, 0.4) is 0 Å². The van der Waals surface area contributed by atoms with Crippen LogP contribution < -0.4 is 16.2 Å². The molecule has 0 saturated carbocycles. The Morgan fingerprint density at radius 3 is 2.32 bits per heavy atom. The van der Waals surface area contributed by atoms with Crippen LogP contribution in [-0.4, -0.2) is 39.9 Å². The molecule has 0 amide bonds. The van der Waals surface area contributed by atoms with E-state index in [4.69, 9.17) is 0 Å². The molecule has 3 aromatic rings. The fraction of sp³-hybridized carbons (Fsp3) is 0.400. The Labute approximate surface area is 184 Å². The zero-order valence-electron chi connectivity index (χ0n) is 18.8. The lowest BCUT2D eigenvalue weighted by atomic mass is 10.0. The SMILES string of the molecule is CCN1CCC(NCc2ccc(Nc3c(C)n(C)n(-c4ccccc4)c3=O)cc2)CC1. The number of hydrogen-bond donors (Lipinski definition) is 2. The predicted octanol–water partition coefficient (Wildman–Crippen LogP) is 3.80. The summed E-state index contributed by atoms with van der Waals surface area (Å²) in [6.45, 7) is 8.60. The molecular weight excluding hydrogens is 386 g/mol. The van der Waals surface area contributed by atoms with Crippen molar-refractivity contribution in [3.8, 4) is 5.69 Å². The smallest absolute Gasteiger partial charge is 0.295 e. The summed E-state index contributed by atoms with van der Waals surface area (Å²) in [5, 5.41) is 7.03. The first-order chi connectivity index (χ1) is 15.1. The van der Waals surface area contributed by atoms with E-state index in [1.165, 1.54) is 31.5 Å². The van der Waals surface area contributed by atoms with Crippen LogP contribution in [0.25, 0.3) is 5.69 Å². The predicted molar refractivity (Wildman–Crippen MR) is 127 cm³/mol. The normalized spacial score (nSPS) is 15.3. The van der Waals surface area contributed by atoms with Gasteiger partial charge in [-0.05, 0) is 69.2 Å². The Hall–Kier alpha value is -2.83. The summed E-state index contributed by atoms with van der Waals surface area (Å²) in [6, 6.07) is 18.7. The van der Waals surface area contributed by atoms with Crippen molar-refractivity contribution in [2.75, 3.05) is 25.0 Å². The molecule has 1 aliphatic rings. The van der Waals surface area contributed by atoms with Crippen LogP contribution in [0.1, 0.15) is 31.0 Å². The molecule has 2 N–H and O–H groups in total. The van der Waals surface area contributed by atoms with Crippen LogP contribution in [0, 0.1) is 6.92 Å². The highest BCUT2D eigenvalue weighted by atomic mass is 16.1. The number of nitrogens with zero attached hydrogens (tertiary/aromatic N) is 3. The zero-order valence-corrected chi connectivity index (χ0v) is 18.8. The molecule has 1 fully saturated rings. The summed E-state index contributed by atoms with van der Waals surface area (Å²) in [4.78, 5) is 15.6. The molecule has 164 valence electrons. The van der Waals surface area contributed by atoms with Gasteiger partial charge in [0.1, 0.15) is 5.69 Å². The van der Waals surface area contributed by atoms with Gasteiger partial charge in [0.15, 0.2) is 0 Å². The summed E-state index contributed by atoms with van der Waals surface area (Å²) in [5.41, 5.74) is 4.51. The van der Waals surface area contributed by atoms with Crippen molar-refractivity contribution in [2.24, 2.45) is 7.05 Å². The van der Waals surface area contributed by atoms with Crippen molar-refractivity contribution in [3.05, 3.63) is 76.2 Å². The molecule has 0 atom stereocenters. The molecule has 0 aliphatic carbocycles. The molecule has 1 aliphatic heterocycles. The summed E-state index contributed by atoms with van der Waals surface area (Å²) < 4.78 is 3.59. The molecule has 0 radical (unpaired) electrons. The van der Waals surface area contributed by atoms with Crippen LogP contribution >= 0.6 is 0 Å². The van der Waals surface area contributed by atoms with E-state index < -0.39 is 0 Å². The van der Waals surface area contributed by atoms with Crippen molar-refractivity contribution in [3.63, 3.8) is 0 Å². The number of nitrogens with one attached hydrogen (secondary N) is 2. The number of anilines is 2. The van der Waals surface area contributed by atoms with Gasteiger partial charge in [-0.15, -0.1) is 0 Å². The summed E-state index contributed by atoms with van der Waals surface area (Å²) in [5.74, 6) is 0. The van der Waals surface area contributed by atoms with Gasteiger partial charge in [0.05, 0.1) is 11.4 Å². The second-order valence-corrected chi connectivity index (χ2v) is 8.35. The molecule has 0 unspecified atom stereocenters. The molecule has 31 heavy (non-hydrogen) atoms. The van der Waals surface area contributed by atoms with Gasteiger partial charge < -0.3 is 15.5 Å². The van der Waals surface area contributed by atoms with Crippen LogP contribution in [0.5, 0.6) is 0 Å². The minimum Gasteiger partial charge on any atom is -0.349 e. The van der Waals surface area contributed by atoms with E-state index in [0.717, 1.165) is 30.2 Å². The monoisotopic (exact) mass is 419 g/mol. The molecule has 1 saturated heterocycles. The molecule has 0 spiro atoms. The molecule has 0 bridgehead atoms. The zero-order chi connectivity index (χ0) is 21.8. The van der Waals surface area contributed by atoms with Crippen LogP contribution in [0.15, 0.2) is 59.4 Å². The third-order valence-electron chi connectivity index (χ3n) is 6.41. The second kappa shape index (κ2) is 9.54. The Balaban J connectivity index is 1.41. The molecule has 6 heteroatoms. The van der Waals surface area contributed by atoms with Gasteiger partial charge in [0.2, 0.25) is 0 Å². The van der Waals surface area contributed by atoms with Gasteiger partial charge in [0.25, 0.3) is 5.56 Å². The minimum atomic E-state index is -0.0460. The molecule has 6 nitrogen and oxygen atoms in total. The topological polar surface area (TPSA) is 54.2 Å². The number of aromatic nitrogens is 2. The van der Waals surface area contributed by atoms with Gasteiger partial charge in [-0.25, -0.2) is 4.68 Å². The van der Waals surface area contributed by atoms with Crippen LogP contribution in [0.4, 0.5) is 11.4 Å². The van der Waals surface area contributed by atoms with E-state index in [1.807, 2.05) is 49.0 Å². The minimum absolute atomic E-state index is 0.0460. The average molecular weight is 420 g/mol. The Bertz CT molecular complexity index is 1040. The van der Waals surface area contributed by atoms with E-state index in [0.29, 0.717) is 11.7 Å². The lowest BCUT2D eigenvalue weighted by Gasteiger charge is -2.31. The molecule has 1 aromatic heterocycles. The second-order valence-electron chi connectivity index (χ2n) is 8.35. The first kappa shape index (κ1) is 21.4. The first-order valence-electron chi connectivity index (χ1n) is 11.2. The third kappa shape index (κ3) is 4.75. The number of piperidine rings is 1. The van der Waals surface area contributed by atoms with E-state index in [9.17, 15) is 4.79 Å². The third-order valence-corrected chi connectivity index (χ3v) is 6.41. The van der Waals surface area contributed by atoms with Gasteiger partial charge >= 0.3 is 0 Å². The van der Waals surface area contributed by atoms with Gasteiger partial charge in [-0.1, -0.05) is 37.3 Å². The van der Waals surface area contributed by atoms with E-state index in [1.54, 1.807) is 4.68 Å². The maximum Gasteiger partial charge on any atom is 0.295 e. The molecule has 2 aromatic carbocycles. The average Bonchev–Trinajstić information content (AvgIpc) is 3.02. The fourth-order valence-corrected chi connectivity index (χ4v) is 4.28. The molecule has 2 heterocycles. The highest BCUT2D eigenvalue weighted by Gasteiger charge is 2.18. The van der Waals surface area contributed by atoms with Crippen LogP contribution in [-0.2, 0) is 13.6 Å². The molecule has 4 rings (SSSR count). The Morgan fingerprint density at radius 1 is 1.00 bits per heavy atom. The Kier molecular flexibility index (Phi) is 6.59. The van der Waals surface area contributed by atoms with E-state index >= 15 is 0 Å². The van der Waals surface area contributed by atoms with Gasteiger partial charge in [-0.2, -0.15) is 0 Å². The number of likely N-dealkylation sites (tertiary alicyclic amines) is 1. The lowest BCUT2D eigenvalue weighted by Crippen LogP contribution is -2.42. The van der Waals surface area contributed by atoms with Gasteiger partial charge in [-0.3, -0.25) is 9.48 Å². The quantitative estimate of drug-likeness (QED) is 0.612. The number of benzene rings is 2. The number of hydrogen-bond acceptors (Lipinski definition) is 4. The lowest BCUT2D eigenvalue weighted by molar-refractivity contribution is 0.206. The maximum absolute atomic E-state index is 13.1. The Morgan fingerprint density at radius 2 is 1.68 bits per heavy atom. The van der Waals surface area contributed by atoms with Gasteiger partial charge in [0, 0.05) is 25.3 Å². The van der Waals surface area contributed by atoms with Crippen molar-refractivity contribution in [2.45, 2.75) is 39.3 Å². The maximum atomic E-state index is 13.1. The largest absolute Gasteiger partial charge is 0.349 e. The van der Waals surface area contributed by atoms with E-state index in [2.05, 4.69) is 46.7 Å². The fourth-order valence-electron chi connectivity index (χ4n) is 4.28. The van der Waals surface area contributed by atoms with Crippen molar-refractivity contribution < 1.29 is 0 Å². The number of para-hydroxylation sites is 1. The van der Waals surface area contributed by atoms with E-state index in [-0.39, 0.29) is 5.56 Å². The highest BCUT2D eigenvalue weighted by molar-refractivity contribution is 5.62. The molecular formula is C25H33N5O. The standard InChI is InChI=1S/C25H33N5O/c1-4-29-16-14-21(15-17-29)26-18-20-10-12-22(13-11-20)27-24-19(2)28(3)30(25(24)31)23-8-6-5-7-9-23/h5-13,21,26-27H,4,14-18H2,1-3H3. The van der Waals surface area contributed by atoms with Crippen molar-refractivity contribution in [1.82, 2.24) is 19.6 Å². The van der Waals surface area contributed by atoms with Crippen molar-refractivity contribution in [1.29, 1.82) is 0 Å². The van der Waals surface area contributed by atoms with Crippen LogP contribution in [0.2, 0.25) is 0 Å². The number of rotatable bonds is 7.